The number of H-pyrrole nitrogens is 1. The largest absolute Gasteiger partial charge is 0.508 e. The molecule has 7 nitrogen and oxygen atoms in total. The molecule has 0 radical (unpaired) electrons. The number of aromatic nitrogens is 2. The first-order valence-electron chi connectivity index (χ1n) is 18.3. The third-order valence-electron chi connectivity index (χ3n) is 13.4. The Morgan fingerprint density at radius 3 is 2.66 bits per heavy atom. The fourth-order valence-electron chi connectivity index (χ4n) is 10.9. The Hall–Kier alpha value is -1.60. The molecule has 0 saturated heterocycles. The van der Waals surface area contributed by atoms with E-state index in [2.05, 4.69) is 56.8 Å². The van der Waals surface area contributed by atoms with E-state index in [4.69, 9.17) is 9.47 Å². The van der Waals surface area contributed by atoms with Gasteiger partial charge in [0.1, 0.15) is 6.10 Å². The summed E-state index contributed by atoms with van der Waals surface area (Å²) in [6.45, 7) is 15.5. The summed E-state index contributed by atoms with van der Waals surface area (Å²) in [5.41, 5.74) is 0.351. The predicted octanol–water partition coefficient (Wildman–Crippen LogP) is 8.08. The van der Waals surface area contributed by atoms with Gasteiger partial charge in [0, 0.05) is 42.7 Å². The molecule has 0 aliphatic heterocycles. The van der Waals surface area contributed by atoms with Crippen LogP contribution in [-0.4, -0.2) is 52.1 Å². The summed E-state index contributed by atoms with van der Waals surface area (Å²) in [7, 11) is 0. The molecule has 0 amide bonds. The maximum absolute atomic E-state index is 12.9. The standard InChI is InChI=1S/C37H63N3O4/c1-7-8-20-43-34(41)44-28-14-18-36(6)32-15-17-35(5)30(26(4)11-9-10-25(2)3)12-13-31(35)29(32)21-33(37(36,42)22-28)39-19-16-27-23-38-24-40-27/h23-26,28-33,39,42H,7-22H2,1-6H3,(H,38,40)/t26?,28-,29?,30+,31?,32?,33+,35+,36+,37-/m0/s1. The second-order valence-electron chi connectivity index (χ2n) is 16.3. The highest BCUT2D eigenvalue weighted by molar-refractivity contribution is 5.60. The molecule has 44 heavy (non-hydrogen) atoms. The van der Waals surface area contributed by atoms with Crippen molar-refractivity contribution < 1.29 is 19.4 Å². The zero-order chi connectivity index (χ0) is 31.5. The van der Waals surface area contributed by atoms with E-state index < -0.39 is 11.8 Å². The number of aromatic amines is 1. The number of carbonyl (C=O) groups is 1. The van der Waals surface area contributed by atoms with E-state index in [0.717, 1.165) is 74.4 Å². The van der Waals surface area contributed by atoms with E-state index in [0.29, 0.717) is 30.3 Å². The van der Waals surface area contributed by atoms with Crippen molar-refractivity contribution in [3.05, 3.63) is 18.2 Å². The molecule has 250 valence electrons. The van der Waals surface area contributed by atoms with Gasteiger partial charge in [-0.2, -0.15) is 0 Å². The van der Waals surface area contributed by atoms with Crippen molar-refractivity contribution in [1.29, 1.82) is 0 Å². The van der Waals surface area contributed by atoms with Crippen LogP contribution in [0.1, 0.15) is 131 Å². The van der Waals surface area contributed by atoms with Crippen LogP contribution in [0.5, 0.6) is 0 Å². The smallest absolute Gasteiger partial charge is 0.434 e. The molecule has 4 saturated carbocycles. The highest BCUT2D eigenvalue weighted by atomic mass is 16.7. The first-order chi connectivity index (χ1) is 21.0. The summed E-state index contributed by atoms with van der Waals surface area (Å²) in [6, 6.07) is -0.0379. The summed E-state index contributed by atoms with van der Waals surface area (Å²) in [5, 5.41) is 16.7. The average molecular weight is 614 g/mol. The van der Waals surface area contributed by atoms with E-state index in [1.165, 1.54) is 44.9 Å². The normalized spacial score (nSPS) is 38.9. The minimum atomic E-state index is -0.940. The third-order valence-corrected chi connectivity index (χ3v) is 13.4. The first kappa shape index (κ1) is 33.8. The third kappa shape index (κ3) is 6.61. The van der Waals surface area contributed by atoms with E-state index >= 15 is 0 Å². The van der Waals surface area contributed by atoms with Crippen LogP contribution in [0.15, 0.2) is 12.5 Å². The minimum absolute atomic E-state index is 0.0379. The quantitative estimate of drug-likeness (QED) is 0.154. The first-order valence-corrected chi connectivity index (χ1v) is 18.3. The number of fused-ring (bicyclic) bond motifs is 5. The van der Waals surface area contributed by atoms with Gasteiger partial charge in [-0.15, -0.1) is 0 Å². The number of hydrogen-bond donors (Lipinski definition) is 3. The van der Waals surface area contributed by atoms with E-state index in [-0.39, 0.29) is 17.6 Å². The molecule has 0 bridgehead atoms. The van der Waals surface area contributed by atoms with Gasteiger partial charge < -0.3 is 24.9 Å². The van der Waals surface area contributed by atoms with Crippen molar-refractivity contribution in [2.45, 2.75) is 149 Å². The molecule has 7 heteroatoms. The topological polar surface area (TPSA) is 96.5 Å². The summed E-state index contributed by atoms with van der Waals surface area (Å²) in [4.78, 5) is 20.0. The van der Waals surface area contributed by atoms with Gasteiger partial charge in [-0.1, -0.05) is 67.2 Å². The van der Waals surface area contributed by atoms with E-state index in [9.17, 15) is 9.90 Å². The molecule has 1 heterocycles. The van der Waals surface area contributed by atoms with E-state index in [1.807, 2.05) is 6.20 Å². The number of nitrogens with zero attached hydrogens (tertiary/aromatic N) is 1. The maximum Gasteiger partial charge on any atom is 0.508 e. The average Bonchev–Trinajstić information content (AvgIpc) is 3.61. The molecule has 1 aromatic rings. The Kier molecular flexibility index (Phi) is 10.8. The van der Waals surface area contributed by atoms with Crippen molar-refractivity contribution in [1.82, 2.24) is 15.3 Å². The summed E-state index contributed by atoms with van der Waals surface area (Å²) >= 11 is 0. The van der Waals surface area contributed by atoms with Gasteiger partial charge in [-0.05, 0) is 92.3 Å². The highest BCUT2D eigenvalue weighted by Crippen LogP contribution is 2.69. The van der Waals surface area contributed by atoms with Crippen LogP contribution in [0.2, 0.25) is 0 Å². The lowest BCUT2D eigenvalue weighted by Gasteiger charge is -2.66. The number of carbonyl (C=O) groups excluding carboxylic acids is 1. The molecular weight excluding hydrogens is 550 g/mol. The van der Waals surface area contributed by atoms with Crippen molar-refractivity contribution in [3.63, 3.8) is 0 Å². The SMILES string of the molecule is CCCCOC(=O)O[C@H]1CC[C@]2(C)C3CC[C@@]4(C)C(CC[C@@H]4C(C)CCCC(C)C)C3C[C@@H](NCCc3cnc[nH]3)[C@@]2(O)C1. The number of rotatable bonds is 13. The fraction of sp³-hybridized carbons (Fsp3) is 0.892. The van der Waals surface area contributed by atoms with Crippen LogP contribution in [-0.2, 0) is 15.9 Å². The Morgan fingerprint density at radius 2 is 1.93 bits per heavy atom. The Bertz CT molecular complexity index is 1060. The second kappa shape index (κ2) is 14.0. The van der Waals surface area contributed by atoms with Gasteiger partial charge in [-0.25, -0.2) is 9.78 Å². The molecule has 4 unspecified atom stereocenters. The van der Waals surface area contributed by atoms with Gasteiger partial charge in [0.05, 0.1) is 18.5 Å². The van der Waals surface area contributed by atoms with Gasteiger partial charge in [0.2, 0.25) is 0 Å². The molecule has 5 rings (SSSR count). The lowest BCUT2D eigenvalue weighted by atomic mass is 9.42. The second-order valence-corrected chi connectivity index (χ2v) is 16.3. The number of nitrogens with one attached hydrogen (secondary N) is 2. The Balaban J connectivity index is 1.34. The van der Waals surface area contributed by atoms with Gasteiger partial charge in [0.15, 0.2) is 0 Å². The zero-order valence-corrected chi connectivity index (χ0v) is 28.7. The van der Waals surface area contributed by atoms with Gasteiger partial charge in [-0.3, -0.25) is 0 Å². The molecule has 0 spiro atoms. The van der Waals surface area contributed by atoms with Crippen LogP contribution < -0.4 is 5.32 Å². The van der Waals surface area contributed by atoms with Crippen LogP contribution >= 0.6 is 0 Å². The molecule has 4 aliphatic carbocycles. The highest BCUT2D eigenvalue weighted by Gasteiger charge is 2.67. The summed E-state index contributed by atoms with van der Waals surface area (Å²) in [5.74, 6) is 4.22. The zero-order valence-electron chi connectivity index (χ0n) is 28.7. The monoisotopic (exact) mass is 613 g/mol. The number of imidazole rings is 1. The molecule has 0 aromatic carbocycles. The van der Waals surface area contributed by atoms with Crippen molar-refractivity contribution in [2.24, 2.45) is 46.3 Å². The summed E-state index contributed by atoms with van der Waals surface area (Å²) in [6.07, 6.45) is 17.8. The van der Waals surface area contributed by atoms with E-state index in [1.54, 1.807) is 6.33 Å². The molecular formula is C37H63N3O4. The van der Waals surface area contributed by atoms with Crippen molar-refractivity contribution in [3.8, 4) is 0 Å². The number of ether oxygens (including phenoxy) is 2. The Labute approximate surface area is 267 Å². The van der Waals surface area contributed by atoms with Gasteiger partial charge in [0.25, 0.3) is 0 Å². The lowest BCUT2D eigenvalue weighted by Crippen LogP contribution is -2.71. The number of hydrogen-bond acceptors (Lipinski definition) is 6. The van der Waals surface area contributed by atoms with Crippen LogP contribution in [0.3, 0.4) is 0 Å². The fourth-order valence-corrected chi connectivity index (χ4v) is 10.9. The number of aliphatic hydroxyl groups is 1. The number of unbranched alkanes of at least 4 members (excludes halogenated alkanes) is 1. The maximum atomic E-state index is 12.9. The molecule has 1 aromatic heterocycles. The van der Waals surface area contributed by atoms with Crippen molar-refractivity contribution in [2.75, 3.05) is 13.2 Å². The predicted molar refractivity (Wildman–Crippen MR) is 175 cm³/mol. The summed E-state index contributed by atoms with van der Waals surface area (Å²) < 4.78 is 11.2. The molecule has 4 aliphatic rings. The van der Waals surface area contributed by atoms with Crippen LogP contribution in [0.4, 0.5) is 4.79 Å². The van der Waals surface area contributed by atoms with Crippen LogP contribution in [0, 0.1) is 46.3 Å². The molecule has 3 N–H and O–H groups in total. The van der Waals surface area contributed by atoms with Crippen molar-refractivity contribution >= 4 is 6.16 Å². The van der Waals surface area contributed by atoms with Crippen LogP contribution in [0.25, 0.3) is 0 Å². The minimum Gasteiger partial charge on any atom is -0.434 e. The lowest BCUT2D eigenvalue weighted by molar-refractivity contribution is -0.235. The molecule has 4 fully saturated rings. The molecule has 10 atom stereocenters. The Morgan fingerprint density at radius 1 is 1.11 bits per heavy atom. The van der Waals surface area contributed by atoms with Gasteiger partial charge >= 0.3 is 6.16 Å².